The summed E-state index contributed by atoms with van der Waals surface area (Å²) in [7, 11) is 0. The van der Waals surface area contributed by atoms with Crippen LogP contribution in [0.3, 0.4) is 0 Å². The quantitative estimate of drug-likeness (QED) is 0.859. The number of hydrogen-bond acceptors (Lipinski definition) is 2. The summed E-state index contributed by atoms with van der Waals surface area (Å²) in [5.41, 5.74) is 0.699. The molecule has 1 aromatic heterocycles. The van der Waals surface area contributed by atoms with E-state index in [4.69, 9.17) is 11.6 Å². The number of nitrogens with one attached hydrogen (secondary N) is 2. The van der Waals surface area contributed by atoms with Crippen LogP contribution in [0, 0.1) is 0 Å². The first-order chi connectivity index (χ1) is 8.24. The highest BCUT2D eigenvalue weighted by atomic mass is 35.5. The van der Waals surface area contributed by atoms with Gasteiger partial charge in [0.15, 0.2) is 0 Å². The molecule has 17 heavy (non-hydrogen) atoms. The van der Waals surface area contributed by atoms with E-state index in [9.17, 15) is 4.79 Å². The van der Waals surface area contributed by atoms with Crippen molar-refractivity contribution in [2.45, 2.75) is 31.3 Å². The molecule has 1 saturated heterocycles. The molecule has 3 rings (SSSR count). The minimum Gasteiger partial charge on any atom is -0.347 e. The van der Waals surface area contributed by atoms with Gasteiger partial charge >= 0.3 is 0 Å². The average molecular weight is 254 g/mol. The Kier molecular flexibility index (Phi) is 2.84. The van der Waals surface area contributed by atoms with Crippen LogP contribution < -0.4 is 10.6 Å². The van der Waals surface area contributed by atoms with Gasteiger partial charge in [0.1, 0.15) is 5.69 Å². The standard InChI is InChI=1S/C12H16ClN3O/c13-8-5-11(16(7-8)10-1-2-10)12(17)15-9-3-4-14-6-9/h5,7,9-10,14H,1-4,6H2,(H,15,17)/t9-/m1/s1. The number of hydrogen-bond donors (Lipinski definition) is 2. The molecule has 4 nitrogen and oxygen atoms in total. The van der Waals surface area contributed by atoms with Gasteiger partial charge in [0.25, 0.3) is 5.91 Å². The minimum absolute atomic E-state index is 0.00231. The molecule has 92 valence electrons. The Labute approximate surface area is 105 Å². The predicted molar refractivity (Wildman–Crippen MR) is 66.5 cm³/mol. The fourth-order valence-electron chi connectivity index (χ4n) is 2.32. The lowest BCUT2D eigenvalue weighted by atomic mass is 10.2. The lowest BCUT2D eigenvalue weighted by Gasteiger charge is -2.12. The maximum atomic E-state index is 12.1. The van der Waals surface area contributed by atoms with Crippen molar-refractivity contribution in [2.24, 2.45) is 0 Å². The maximum absolute atomic E-state index is 12.1. The van der Waals surface area contributed by atoms with Gasteiger partial charge in [0.05, 0.1) is 5.02 Å². The topological polar surface area (TPSA) is 46.1 Å². The van der Waals surface area contributed by atoms with E-state index in [0.717, 1.165) is 32.4 Å². The van der Waals surface area contributed by atoms with Crippen molar-refractivity contribution in [3.8, 4) is 0 Å². The second-order valence-corrected chi connectivity index (χ2v) is 5.28. The molecule has 2 N–H and O–H groups in total. The Hall–Kier alpha value is -1.00. The van der Waals surface area contributed by atoms with Crippen molar-refractivity contribution < 1.29 is 4.79 Å². The Balaban J connectivity index is 1.75. The molecule has 1 aromatic rings. The van der Waals surface area contributed by atoms with Crippen molar-refractivity contribution in [1.82, 2.24) is 15.2 Å². The lowest BCUT2D eigenvalue weighted by molar-refractivity contribution is 0.0930. The zero-order valence-corrected chi connectivity index (χ0v) is 10.3. The molecule has 1 aliphatic carbocycles. The SMILES string of the molecule is O=C(N[C@@H]1CCNC1)c1cc(Cl)cn1C1CC1. The van der Waals surface area contributed by atoms with E-state index in [2.05, 4.69) is 10.6 Å². The summed E-state index contributed by atoms with van der Waals surface area (Å²) in [6.45, 7) is 1.85. The van der Waals surface area contributed by atoms with E-state index in [1.807, 2.05) is 10.8 Å². The average Bonchev–Trinajstić information content (AvgIpc) is 2.88. The van der Waals surface area contributed by atoms with Crippen molar-refractivity contribution >= 4 is 17.5 Å². The monoisotopic (exact) mass is 253 g/mol. The van der Waals surface area contributed by atoms with Gasteiger partial charge in [-0.25, -0.2) is 0 Å². The van der Waals surface area contributed by atoms with Gasteiger partial charge < -0.3 is 15.2 Å². The third kappa shape index (κ3) is 2.33. The first-order valence-corrected chi connectivity index (χ1v) is 6.51. The molecule has 0 aromatic carbocycles. The molecule has 0 bridgehead atoms. The summed E-state index contributed by atoms with van der Waals surface area (Å²) in [5, 5.41) is 6.93. The van der Waals surface area contributed by atoms with Crippen molar-refractivity contribution in [1.29, 1.82) is 0 Å². The van der Waals surface area contributed by atoms with Crippen LogP contribution in [0.1, 0.15) is 35.8 Å². The van der Waals surface area contributed by atoms with Gasteiger partial charge in [-0.05, 0) is 31.9 Å². The Morgan fingerprint density at radius 1 is 1.47 bits per heavy atom. The second kappa shape index (κ2) is 4.35. The predicted octanol–water partition coefficient (Wildman–Crippen LogP) is 1.57. The van der Waals surface area contributed by atoms with E-state index < -0.39 is 0 Å². The second-order valence-electron chi connectivity index (χ2n) is 4.85. The molecule has 2 fully saturated rings. The molecular weight excluding hydrogens is 238 g/mol. The highest BCUT2D eigenvalue weighted by Gasteiger charge is 2.28. The molecular formula is C12H16ClN3O. The zero-order valence-electron chi connectivity index (χ0n) is 9.58. The van der Waals surface area contributed by atoms with Gasteiger partial charge in [0.2, 0.25) is 0 Å². The third-order valence-corrected chi connectivity index (χ3v) is 3.59. The highest BCUT2D eigenvalue weighted by Crippen LogP contribution is 2.37. The van der Waals surface area contributed by atoms with E-state index >= 15 is 0 Å². The van der Waals surface area contributed by atoms with Crippen LogP contribution in [-0.2, 0) is 0 Å². The largest absolute Gasteiger partial charge is 0.347 e. The van der Waals surface area contributed by atoms with Crippen LogP contribution >= 0.6 is 11.6 Å². The van der Waals surface area contributed by atoms with Crippen LogP contribution in [0.2, 0.25) is 5.02 Å². The Morgan fingerprint density at radius 2 is 2.29 bits per heavy atom. The first kappa shape index (κ1) is 11.1. The number of carbonyl (C=O) groups excluding carboxylic acids is 1. The number of amides is 1. The van der Waals surface area contributed by atoms with Gasteiger partial charge in [-0.1, -0.05) is 11.6 Å². The summed E-state index contributed by atoms with van der Waals surface area (Å²) in [6, 6.07) is 2.49. The summed E-state index contributed by atoms with van der Waals surface area (Å²) in [4.78, 5) is 12.1. The molecule has 1 atom stereocenters. The molecule has 0 spiro atoms. The van der Waals surface area contributed by atoms with E-state index in [0.29, 0.717) is 16.8 Å². The van der Waals surface area contributed by atoms with Crippen molar-refractivity contribution in [3.63, 3.8) is 0 Å². The summed E-state index contributed by atoms with van der Waals surface area (Å²) in [5.74, 6) is -0.00231. The van der Waals surface area contributed by atoms with Gasteiger partial charge in [-0.2, -0.15) is 0 Å². The van der Waals surface area contributed by atoms with Gasteiger partial charge in [-0.3, -0.25) is 4.79 Å². The van der Waals surface area contributed by atoms with E-state index in [1.165, 1.54) is 0 Å². The molecule has 2 heterocycles. The molecule has 1 amide bonds. The summed E-state index contributed by atoms with van der Waals surface area (Å²) >= 11 is 5.98. The third-order valence-electron chi connectivity index (χ3n) is 3.38. The minimum atomic E-state index is -0.00231. The molecule has 2 aliphatic rings. The van der Waals surface area contributed by atoms with Crippen LogP contribution in [0.5, 0.6) is 0 Å². The zero-order chi connectivity index (χ0) is 11.8. The van der Waals surface area contributed by atoms with E-state index in [1.54, 1.807) is 6.07 Å². The molecule has 1 aliphatic heterocycles. The van der Waals surface area contributed by atoms with Gasteiger partial charge in [0, 0.05) is 24.8 Å². The number of nitrogens with zero attached hydrogens (tertiary/aromatic N) is 1. The van der Waals surface area contributed by atoms with Gasteiger partial charge in [-0.15, -0.1) is 0 Å². The number of carbonyl (C=O) groups is 1. The molecule has 0 unspecified atom stereocenters. The smallest absolute Gasteiger partial charge is 0.268 e. The van der Waals surface area contributed by atoms with E-state index in [-0.39, 0.29) is 11.9 Å². The van der Waals surface area contributed by atoms with Crippen LogP contribution in [-0.4, -0.2) is 29.6 Å². The Bertz CT molecular complexity index is 433. The number of rotatable bonds is 3. The maximum Gasteiger partial charge on any atom is 0.268 e. The van der Waals surface area contributed by atoms with Crippen LogP contribution in [0.25, 0.3) is 0 Å². The number of aromatic nitrogens is 1. The first-order valence-electron chi connectivity index (χ1n) is 6.13. The van der Waals surface area contributed by atoms with Crippen LogP contribution in [0.4, 0.5) is 0 Å². The fourth-order valence-corrected chi connectivity index (χ4v) is 2.53. The van der Waals surface area contributed by atoms with Crippen molar-refractivity contribution in [3.05, 3.63) is 23.0 Å². The Morgan fingerprint density at radius 3 is 2.94 bits per heavy atom. The lowest BCUT2D eigenvalue weighted by Crippen LogP contribution is -2.37. The molecule has 1 saturated carbocycles. The summed E-state index contributed by atoms with van der Waals surface area (Å²) in [6.07, 6.45) is 5.16. The number of halogens is 1. The highest BCUT2D eigenvalue weighted by molar-refractivity contribution is 6.31. The summed E-state index contributed by atoms with van der Waals surface area (Å²) < 4.78 is 2.01. The van der Waals surface area contributed by atoms with Crippen LogP contribution in [0.15, 0.2) is 12.3 Å². The molecule has 0 radical (unpaired) electrons. The molecule has 5 heteroatoms. The normalized spacial score (nSPS) is 23.9. The fraction of sp³-hybridized carbons (Fsp3) is 0.583. The van der Waals surface area contributed by atoms with Crippen molar-refractivity contribution in [2.75, 3.05) is 13.1 Å².